The molecule has 2 aromatic rings. The zero-order valence-electron chi connectivity index (χ0n) is 12.8. The Morgan fingerprint density at radius 2 is 2.05 bits per heavy atom. The average molecular weight is 286 g/mol. The van der Waals surface area contributed by atoms with E-state index in [-0.39, 0.29) is 5.54 Å². The van der Waals surface area contributed by atoms with Gasteiger partial charge in [0.2, 0.25) is 0 Å². The lowest BCUT2D eigenvalue weighted by Crippen LogP contribution is -2.57. The van der Waals surface area contributed by atoms with Crippen molar-refractivity contribution >= 4 is 0 Å². The van der Waals surface area contributed by atoms with E-state index >= 15 is 0 Å². The summed E-state index contributed by atoms with van der Waals surface area (Å²) in [7, 11) is 1.80. The molecule has 1 aliphatic rings. The van der Waals surface area contributed by atoms with Crippen LogP contribution in [0.4, 0.5) is 0 Å². The first kappa shape index (κ1) is 14.2. The van der Waals surface area contributed by atoms with Gasteiger partial charge in [0.25, 0.3) is 0 Å². The average Bonchev–Trinajstić information content (AvgIpc) is 2.84. The number of aromatic nitrogens is 4. The van der Waals surface area contributed by atoms with Crippen molar-refractivity contribution in [1.82, 2.24) is 30.4 Å². The SMILES string of the molecule is Cn1nnc(CN2CC(C)(C)NCC2c2ccccc2)n1. The number of tetrazole rings is 1. The van der Waals surface area contributed by atoms with Gasteiger partial charge in [0, 0.05) is 24.7 Å². The predicted molar refractivity (Wildman–Crippen MR) is 80.5 cm³/mol. The van der Waals surface area contributed by atoms with Gasteiger partial charge in [-0.1, -0.05) is 30.3 Å². The van der Waals surface area contributed by atoms with Crippen LogP contribution < -0.4 is 5.32 Å². The normalized spacial score (nSPS) is 22.3. The van der Waals surface area contributed by atoms with Crippen molar-refractivity contribution < 1.29 is 0 Å². The van der Waals surface area contributed by atoms with E-state index in [4.69, 9.17) is 0 Å². The standard InChI is InChI=1S/C15H22N6/c1-15(2)11-21(10-14-17-19-20(3)18-14)13(9-16-15)12-7-5-4-6-8-12/h4-8,13,16H,9-11H2,1-3H3. The lowest BCUT2D eigenvalue weighted by Gasteiger charge is -2.44. The fourth-order valence-corrected chi connectivity index (χ4v) is 2.91. The van der Waals surface area contributed by atoms with Crippen LogP contribution in [0, 0.1) is 0 Å². The summed E-state index contributed by atoms with van der Waals surface area (Å²) < 4.78 is 0. The topological polar surface area (TPSA) is 58.9 Å². The van der Waals surface area contributed by atoms with Crippen LogP contribution in [0.15, 0.2) is 30.3 Å². The first-order chi connectivity index (χ1) is 10.0. The van der Waals surface area contributed by atoms with Gasteiger partial charge in [0.05, 0.1) is 13.6 Å². The minimum absolute atomic E-state index is 0.0908. The highest BCUT2D eigenvalue weighted by Crippen LogP contribution is 2.27. The monoisotopic (exact) mass is 286 g/mol. The van der Waals surface area contributed by atoms with E-state index in [1.165, 1.54) is 10.4 Å². The Kier molecular flexibility index (Phi) is 3.73. The fraction of sp³-hybridized carbons (Fsp3) is 0.533. The molecule has 1 N–H and O–H groups in total. The van der Waals surface area contributed by atoms with Crippen LogP contribution >= 0.6 is 0 Å². The predicted octanol–water partition coefficient (Wildman–Crippen LogP) is 1.14. The van der Waals surface area contributed by atoms with E-state index in [9.17, 15) is 0 Å². The van der Waals surface area contributed by atoms with Crippen LogP contribution in [0.2, 0.25) is 0 Å². The lowest BCUT2D eigenvalue weighted by molar-refractivity contribution is 0.0854. The van der Waals surface area contributed by atoms with Crippen LogP contribution in [0.25, 0.3) is 0 Å². The molecule has 0 saturated carbocycles. The van der Waals surface area contributed by atoms with Gasteiger partial charge in [-0.25, -0.2) is 0 Å². The third kappa shape index (κ3) is 3.28. The highest BCUT2D eigenvalue weighted by Gasteiger charge is 2.33. The Morgan fingerprint density at radius 3 is 2.71 bits per heavy atom. The molecule has 1 saturated heterocycles. The minimum atomic E-state index is 0.0908. The highest BCUT2D eigenvalue weighted by atomic mass is 15.6. The zero-order chi connectivity index (χ0) is 14.9. The first-order valence-corrected chi connectivity index (χ1v) is 7.30. The van der Waals surface area contributed by atoms with Gasteiger partial charge in [0.1, 0.15) is 0 Å². The number of rotatable bonds is 3. The third-order valence-electron chi connectivity index (χ3n) is 3.89. The maximum atomic E-state index is 4.31. The quantitative estimate of drug-likeness (QED) is 0.917. The Bertz CT molecular complexity index is 591. The van der Waals surface area contributed by atoms with E-state index in [1.807, 2.05) is 0 Å². The molecule has 2 heterocycles. The Hall–Kier alpha value is -1.79. The van der Waals surface area contributed by atoms with Gasteiger partial charge in [0.15, 0.2) is 5.82 Å². The molecule has 1 aliphatic heterocycles. The maximum Gasteiger partial charge on any atom is 0.188 e. The molecule has 0 radical (unpaired) electrons. The van der Waals surface area contributed by atoms with E-state index in [0.29, 0.717) is 6.04 Å². The second kappa shape index (κ2) is 5.54. The van der Waals surface area contributed by atoms with Crippen molar-refractivity contribution in [2.45, 2.75) is 32.0 Å². The molecule has 6 nitrogen and oxygen atoms in total. The van der Waals surface area contributed by atoms with Crippen LogP contribution in [0.1, 0.15) is 31.3 Å². The minimum Gasteiger partial charge on any atom is -0.309 e. The number of nitrogens with one attached hydrogen (secondary N) is 1. The molecule has 0 amide bonds. The molecular weight excluding hydrogens is 264 g/mol. The molecule has 21 heavy (non-hydrogen) atoms. The summed E-state index contributed by atoms with van der Waals surface area (Å²) in [6, 6.07) is 10.9. The summed E-state index contributed by atoms with van der Waals surface area (Å²) in [5.74, 6) is 0.774. The third-order valence-corrected chi connectivity index (χ3v) is 3.89. The smallest absolute Gasteiger partial charge is 0.188 e. The van der Waals surface area contributed by atoms with Crippen molar-refractivity contribution in [1.29, 1.82) is 0 Å². The van der Waals surface area contributed by atoms with Crippen molar-refractivity contribution in [3.63, 3.8) is 0 Å². The lowest BCUT2D eigenvalue weighted by atomic mass is 9.95. The van der Waals surface area contributed by atoms with Gasteiger partial charge in [-0.15, -0.1) is 10.2 Å². The van der Waals surface area contributed by atoms with Crippen molar-refractivity contribution in [3.8, 4) is 0 Å². The number of nitrogens with zero attached hydrogens (tertiary/aromatic N) is 5. The van der Waals surface area contributed by atoms with E-state index in [1.54, 1.807) is 7.05 Å². The number of hydrogen-bond acceptors (Lipinski definition) is 5. The van der Waals surface area contributed by atoms with Gasteiger partial charge in [-0.05, 0) is 24.6 Å². The molecule has 1 aromatic carbocycles. The summed E-state index contributed by atoms with van der Waals surface area (Å²) in [6.45, 7) is 7.05. The molecule has 1 unspecified atom stereocenters. The second-order valence-corrected chi connectivity index (χ2v) is 6.29. The molecular formula is C15H22N6. The van der Waals surface area contributed by atoms with Crippen LogP contribution in [0.3, 0.4) is 0 Å². The highest BCUT2D eigenvalue weighted by molar-refractivity contribution is 5.21. The van der Waals surface area contributed by atoms with Crippen LogP contribution in [0.5, 0.6) is 0 Å². The van der Waals surface area contributed by atoms with Gasteiger partial charge in [-0.2, -0.15) is 4.80 Å². The van der Waals surface area contributed by atoms with Gasteiger partial charge >= 0.3 is 0 Å². The maximum absolute atomic E-state index is 4.31. The molecule has 3 rings (SSSR count). The molecule has 0 spiro atoms. The van der Waals surface area contributed by atoms with E-state index in [0.717, 1.165) is 25.5 Å². The summed E-state index contributed by atoms with van der Waals surface area (Å²) in [4.78, 5) is 3.95. The molecule has 0 bridgehead atoms. The summed E-state index contributed by atoms with van der Waals surface area (Å²) in [5.41, 5.74) is 1.41. The molecule has 1 aromatic heterocycles. The first-order valence-electron chi connectivity index (χ1n) is 7.30. The molecule has 0 aliphatic carbocycles. The molecule has 112 valence electrons. The Morgan fingerprint density at radius 1 is 1.29 bits per heavy atom. The van der Waals surface area contributed by atoms with Crippen molar-refractivity contribution in [3.05, 3.63) is 41.7 Å². The van der Waals surface area contributed by atoms with Crippen molar-refractivity contribution in [2.24, 2.45) is 7.05 Å². The fourth-order valence-electron chi connectivity index (χ4n) is 2.91. The summed E-state index contributed by atoms with van der Waals surface area (Å²) in [5, 5.41) is 16.0. The Balaban J connectivity index is 1.83. The van der Waals surface area contributed by atoms with E-state index in [2.05, 4.69) is 69.8 Å². The van der Waals surface area contributed by atoms with Crippen LogP contribution in [-0.4, -0.2) is 43.7 Å². The largest absolute Gasteiger partial charge is 0.309 e. The van der Waals surface area contributed by atoms with Gasteiger partial charge < -0.3 is 5.32 Å². The molecule has 1 atom stereocenters. The van der Waals surface area contributed by atoms with Gasteiger partial charge in [-0.3, -0.25) is 4.90 Å². The van der Waals surface area contributed by atoms with Crippen molar-refractivity contribution in [2.75, 3.05) is 13.1 Å². The molecule has 1 fully saturated rings. The van der Waals surface area contributed by atoms with E-state index < -0.39 is 0 Å². The second-order valence-electron chi connectivity index (χ2n) is 6.29. The summed E-state index contributed by atoms with van der Waals surface area (Å²) in [6.07, 6.45) is 0. The number of hydrogen-bond donors (Lipinski definition) is 1. The molecule has 6 heteroatoms. The zero-order valence-corrected chi connectivity index (χ0v) is 12.8. The van der Waals surface area contributed by atoms with Crippen LogP contribution in [-0.2, 0) is 13.6 Å². The summed E-state index contributed by atoms with van der Waals surface area (Å²) >= 11 is 0. The number of aryl methyl sites for hydroxylation is 1. The number of benzene rings is 1. The Labute approximate surface area is 125 Å². The number of piperazine rings is 1.